The molecule has 1 unspecified atom stereocenters. The van der Waals surface area contributed by atoms with Crippen molar-refractivity contribution < 1.29 is 14.3 Å². The van der Waals surface area contributed by atoms with Crippen molar-refractivity contribution in [2.24, 2.45) is 0 Å². The Hall–Kier alpha value is -2.63. The normalized spacial score (nSPS) is 11.8. The van der Waals surface area contributed by atoms with E-state index in [2.05, 4.69) is 5.10 Å². The number of hydrogen-bond acceptors (Lipinski definition) is 5. The summed E-state index contributed by atoms with van der Waals surface area (Å²) >= 11 is 0. The van der Waals surface area contributed by atoms with Crippen LogP contribution in [-0.4, -0.2) is 30.0 Å². The van der Waals surface area contributed by atoms with Gasteiger partial charge >= 0.3 is 5.97 Å². The predicted molar refractivity (Wildman–Crippen MR) is 81.8 cm³/mol. The smallest absolute Gasteiger partial charge is 0.330 e. The topological polar surface area (TPSA) is 70.4 Å². The number of benzene rings is 1. The molecule has 0 radical (unpaired) electrons. The first-order valence-electron chi connectivity index (χ1n) is 6.92. The molecular weight excluding hydrogens is 284 g/mol. The quantitative estimate of drug-likeness (QED) is 0.790. The Morgan fingerprint density at radius 2 is 1.86 bits per heavy atom. The molecule has 2 rings (SSSR count). The molecule has 22 heavy (non-hydrogen) atoms. The van der Waals surface area contributed by atoms with Gasteiger partial charge in [-0.15, -0.1) is 0 Å². The van der Waals surface area contributed by atoms with Gasteiger partial charge in [0.1, 0.15) is 5.75 Å². The molecule has 0 bridgehead atoms. The van der Waals surface area contributed by atoms with E-state index in [1.165, 1.54) is 17.9 Å². The summed E-state index contributed by atoms with van der Waals surface area (Å²) in [5, 5.41) is 4.30. The molecule has 0 N–H and O–H groups in total. The highest BCUT2D eigenvalue weighted by Crippen LogP contribution is 2.20. The van der Waals surface area contributed by atoms with Crippen molar-refractivity contribution in [3.8, 4) is 17.0 Å². The zero-order chi connectivity index (χ0) is 16.1. The molecule has 6 nitrogen and oxygen atoms in total. The molecular formula is C16H18N2O4. The van der Waals surface area contributed by atoms with Gasteiger partial charge in [-0.05, 0) is 36.8 Å². The fourth-order valence-corrected chi connectivity index (χ4v) is 2.14. The maximum Gasteiger partial charge on any atom is 0.330 e. The van der Waals surface area contributed by atoms with E-state index in [-0.39, 0.29) is 5.56 Å². The number of methoxy groups -OCH3 is 2. The minimum Gasteiger partial charge on any atom is -0.497 e. The van der Waals surface area contributed by atoms with Crippen molar-refractivity contribution in [2.75, 3.05) is 14.2 Å². The van der Waals surface area contributed by atoms with Crippen LogP contribution in [0.15, 0.2) is 41.2 Å². The molecule has 116 valence electrons. The van der Waals surface area contributed by atoms with E-state index in [4.69, 9.17) is 9.47 Å². The van der Waals surface area contributed by atoms with Crippen molar-refractivity contribution in [3.05, 3.63) is 46.8 Å². The van der Waals surface area contributed by atoms with Crippen molar-refractivity contribution in [1.29, 1.82) is 0 Å². The van der Waals surface area contributed by atoms with Crippen LogP contribution in [-0.2, 0) is 9.53 Å². The van der Waals surface area contributed by atoms with E-state index < -0.39 is 12.0 Å². The minimum atomic E-state index is -0.726. The molecule has 0 aliphatic heterocycles. The molecule has 0 aliphatic carbocycles. The summed E-state index contributed by atoms with van der Waals surface area (Å²) in [6.07, 6.45) is 0.422. The van der Waals surface area contributed by atoms with E-state index in [9.17, 15) is 9.59 Å². The number of esters is 1. The first-order chi connectivity index (χ1) is 10.6. The number of aromatic nitrogens is 2. The second-order valence-corrected chi connectivity index (χ2v) is 4.68. The van der Waals surface area contributed by atoms with Gasteiger partial charge in [0, 0.05) is 11.6 Å². The largest absolute Gasteiger partial charge is 0.497 e. The first-order valence-corrected chi connectivity index (χ1v) is 6.92. The molecule has 0 aliphatic rings. The van der Waals surface area contributed by atoms with E-state index in [0.717, 1.165) is 11.3 Å². The summed E-state index contributed by atoms with van der Waals surface area (Å²) in [5.74, 6) is 0.252. The van der Waals surface area contributed by atoms with Gasteiger partial charge in [0.25, 0.3) is 5.56 Å². The van der Waals surface area contributed by atoms with E-state index in [0.29, 0.717) is 12.1 Å². The van der Waals surface area contributed by atoms with Crippen LogP contribution >= 0.6 is 0 Å². The molecule has 0 spiro atoms. The van der Waals surface area contributed by atoms with Crippen molar-refractivity contribution >= 4 is 5.97 Å². The Bertz CT molecular complexity index is 707. The summed E-state index contributed by atoms with van der Waals surface area (Å²) in [7, 11) is 2.89. The molecule has 1 aromatic heterocycles. The molecule has 0 fully saturated rings. The molecule has 1 heterocycles. The van der Waals surface area contributed by atoms with Crippen molar-refractivity contribution in [1.82, 2.24) is 9.78 Å². The Morgan fingerprint density at radius 3 is 2.41 bits per heavy atom. The number of nitrogens with zero attached hydrogens (tertiary/aromatic N) is 2. The molecule has 1 atom stereocenters. The summed E-state index contributed by atoms with van der Waals surface area (Å²) in [5.41, 5.74) is 1.09. The highest BCUT2D eigenvalue weighted by atomic mass is 16.5. The van der Waals surface area contributed by atoms with Crippen LogP contribution in [0.1, 0.15) is 19.4 Å². The Balaban J connectivity index is 2.45. The summed E-state index contributed by atoms with van der Waals surface area (Å²) < 4.78 is 11.0. The molecule has 1 aromatic carbocycles. The van der Waals surface area contributed by atoms with Crippen LogP contribution in [0, 0.1) is 0 Å². The summed E-state index contributed by atoms with van der Waals surface area (Å²) in [6.45, 7) is 1.80. The van der Waals surface area contributed by atoms with Gasteiger partial charge in [-0.1, -0.05) is 6.92 Å². The lowest BCUT2D eigenvalue weighted by Gasteiger charge is -2.15. The maximum absolute atomic E-state index is 12.0. The fourth-order valence-electron chi connectivity index (χ4n) is 2.14. The number of carbonyl (C=O) groups excluding carboxylic acids is 1. The molecule has 6 heteroatoms. The first kappa shape index (κ1) is 15.8. The Morgan fingerprint density at radius 1 is 1.18 bits per heavy atom. The number of hydrogen-bond donors (Lipinski definition) is 0. The van der Waals surface area contributed by atoms with Crippen molar-refractivity contribution in [3.63, 3.8) is 0 Å². The van der Waals surface area contributed by atoms with Gasteiger partial charge in [0.05, 0.1) is 19.9 Å². The highest BCUT2D eigenvalue weighted by molar-refractivity contribution is 5.74. The lowest BCUT2D eigenvalue weighted by molar-refractivity contribution is -0.145. The SMILES string of the molecule is CCC(C(=O)OC)n1nc(-c2ccc(OC)cc2)ccc1=O. The third-order valence-electron chi connectivity index (χ3n) is 3.37. The maximum atomic E-state index is 12.0. The number of rotatable bonds is 5. The number of ether oxygens (including phenoxy) is 2. The molecule has 2 aromatic rings. The van der Waals surface area contributed by atoms with Crippen molar-refractivity contribution in [2.45, 2.75) is 19.4 Å². The molecule has 0 saturated carbocycles. The second-order valence-electron chi connectivity index (χ2n) is 4.68. The molecule has 0 saturated heterocycles. The Labute approximate surface area is 128 Å². The Kier molecular flexibility index (Phi) is 4.93. The monoisotopic (exact) mass is 302 g/mol. The number of carbonyl (C=O) groups is 1. The van der Waals surface area contributed by atoms with Crippen LogP contribution < -0.4 is 10.3 Å². The van der Waals surface area contributed by atoms with Gasteiger partial charge < -0.3 is 9.47 Å². The third kappa shape index (κ3) is 3.16. The lowest BCUT2D eigenvalue weighted by atomic mass is 10.1. The van der Waals surface area contributed by atoms with E-state index >= 15 is 0 Å². The van der Waals surface area contributed by atoms with Gasteiger partial charge in [0.2, 0.25) is 0 Å². The standard InChI is InChI=1S/C16H18N2O4/c1-4-14(16(20)22-3)18-15(19)10-9-13(17-18)11-5-7-12(21-2)8-6-11/h5-10,14H,4H2,1-3H3. The second kappa shape index (κ2) is 6.89. The van der Waals surface area contributed by atoms with E-state index in [1.54, 1.807) is 20.1 Å². The van der Waals surface area contributed by atoms with Gasteiger partial charge in [-0.25, -0.2) is 9.48 Å². The van der Waals surface area contributed by atoms with Crippen LogP contribution in [0.3, 0.4) is 0 Å². The average molecular weight is 302 g/mol. The van der Waals surface area contributed by atoms with Crippen LogP contribution in [0.25, 0.3) is 11.3 Å². The molecule has 0 amide bonds. The van der Waals surface area contributed by atoms with Crippen LogP contribution in [0.5, 0.6) is 5.75 Å². The zero-order valence-corrected chi connectivity index (χ0v) is 12.8. The average Bonchev–Trinajstić information content (AvgIpc) is 2.57. The van der Waals surface area contributed by atoms with Gasteiger partial charge in [-0.2, -0.15) is 5.10 Å². The predicted octanol–water partition coefficient (Wildman–Crippen LogP) is 2.04. The zero-order valence-electron chi connectivity index (χ0n) is 12.8. The summed E-state index contributed by atoms with van der Waals surface area (Å²) in [6, 6.07) is 9.61. The third-order valence-corrected chi connectivity index (χ3v) is 3.37. The van der Waals surface area contributed by atoms with E-state index in [1.807, 2.05) is 24.3 Å². The van der Waals surface area contributed by atoms with Crippen LogP contribution in [0.4, 0.5) is 0 Å². The summed E-state index contributed by atoms with van der Waals surface area (Å²) in [4.78, 5) is 23.8. The van der Waals surface area contributed by atoms with Crippen LogP contribution in [0.2, 0.25) is 0 Å². The fraction of sp³-hybridized carbons (Fsp3) is 0.312. The highest BCUT2D eigenvalue weighted by Gasteiger charge is 2.21. The minimum absolute atomic E-state index is 0.338. The van der Waals surface area contributed by atoms with Gasteiger partial charge in [-0.3, -0.25) is 4.79 Å². The lowest BCUT2D eigenvalue weighted by Crippen LogP contribution is -2.32. The van der Waals surface area contributed by atoms with Gasteiger partial charge in [0.15, 0.2) is 6.04 Å².